The van der Waals surface area contributed by atoms with Gasteiger partial charge in [0.15, 0.2) is 5.78 Å². The fourth-order valence-corrected chi connectivity index (χ4v) is 3.99. The van der Waals surface area contributed by atoms with Crippen LogP contribution in [0.2, 0.25) is 0 Å². The fraction of sp³-hybridized carbons (Fsp3) is 0.773. The summed E-state index contributed by atoms with van der Waals surface area (Å²) in [6, 6.07) is -3.37. The van der Waals surface area contributed by atoms with Crippen LogP contribution in [0.5, 0.6) is 0 Å². The Morgan fingerprint density at radius 1 is 1.11 bits per heavy atom. The zero-order valence-corrected chi connectivity index (χ0v) is 20.9. The number of epoxide rings is 1. The predicted octanol–water partition coefficient (Wildman–Crippen LogP) is 0.186. The number of amides is 4. The van der Waals surface area contributed by atoms with E-state index in [4.69, 9.17) is 10.3 Å². The van der Waals surface area contributed by atoms with Crippen LogP contribution >= 0.6 is 0 Å². The first-order chi connectivity index (χ1) is 16.4. The predicted molar refractivity (Wildman–Crippen MR) is 125 cm³/mol. The topological polar surface area (TPSA) is 186 Å². The van der Waals surface area contributed by atoms with Crippen molar-refractivity contribution in [2.24, 2.45) is 11.0 Å². The Balaban J connectivity index is 1.96. The van der Waals surface area contributed by atoms with Crippen LogP contribution in [0.1, 0.15) is 53.9 Å². The number of carbonyl (C=O) groups is 5. The van der Waals surface area contributed by atoms with Crippen molar-refractivity contribution in [3.05, 3.63) is 10.4 Å². The minimum Gasteiger partial charge on any atom is -0.361 e. The summed E-state index contributed by atoms with van der Waals surface area (Å²) in [5.74, 6) is -2.09. The average molecular weight is 494 g/mol. The third-order valence-corrected chi connectivity index (χ3v) is 6.05. The average Bonchev–Trinajstić information content (AvgIpc) is 3.35. The molecular weight excluding hydrogens is 458 g/mol. The summed E-state index contributed by atoms with van der Waals surface area (Å²) in [4.78, 5) is 66.9. The summed E-state index contributed by atoms with van der Waals surface area (Å²) in [5.41, 5.74) is 7.42. The SMILES string of the molecule is CC(C)C[C@H](NC(=O)[C@H](C)NC(=O)[C@@H]1CCCN1C(=O)[C@H](C)NC(=O)CN=[N+]=[N-])C(=O)C1(C)CO1. The third-order valence-electron chi connectivity index (χ3n) is 6.05. The second-order valence-electron chi connectivity index (χ2n) is 9.67. The van der Waals surface area contributed by atoms with Crippen molar-refractivity contribution in [2.75, 3.05) is 19.7 Å². The highest BCUT2D eigenvalue weighted by molar-refractivity contribution is 5.98. The zero-order chi connectivity index (χ0) is 26.3. The Bertz CT molecular complexity index is 897. The summed E-state index contributed by atoms with van der Waals surface area (Å²) in [6.45, 7) is 8.78. The molecule has 13 nitrogen and oxygen atoms in total. The first-order valence-corrected chi connectivity index (χ1v) is 11.8. The molecule has 2 fully saturated rings. The van der Waals surface area contributed by atoms with Gasteiger partial charge in [-0.15, -0.1) is 0 Å². The Kier molecular flexibility index (Phi) is 9.61. The minimum absolute atomic E-state index is 0.156. The van der Waals surface area contributed by atoms with Crippen molar-refractivity contribution in [1.82, 2.24) is 20.9 Å². The van der Waals surface area contributed by atoms with E-state index in [1.807, 2.05) is 13.8 Å². The molecule has 2 rings (SSSR count). The maximum absolute atomic E-state index is 12.9. The lowest BCUT2D eigenvalue weighted by Crippen LogP contribution is -2.57. The van der Waals surface area contributed by atoms with Gasteiger partial charge < -0.3 is 25.6 Å². The van der Waals surface area contributed by atoms with E-state index in [0.717, 1.165) is 0 Å². The molecular formula is C22H35N7O6. The monoisotopic (exact) mass is 493 g/mol. The van der Waals surface area contributed by atoms with E-state index in [2.05, 4.69) is 26.0 Å². The van der Waals surface area contributed by atoms with E-state index in [1.165, 1.54) is 18.7 Å². The summed E-state index contributed by atoms with van der Waals surface area (Å²) in [6.07, 6.45) is 1.45. The number of likely N-dealkylation sites (tertiary alicyclic amines) is 1. The highest BCUT2D eigenvalue weighted by Crippen LogP contribution is 2.29. The van der Waals surface area contributed by atoms with E-state index < -0.39 is 59.9 Å². The highest BCUT2D eigenvalue weighted by Gasteiger charge is 2.50. The summed E-state index contributed by atoms with van der Waals surface area (Å²) in [7, 11) is 0. The smallest absolute Gasteiger partial charge is 0.245 e. The summed E-state index contributed by atoms with van der Waals surface area (Å²) < 4.78 is 5.24. The lowest BCUT2D eigenvalue weighted by atomic mass is 9.93. The zero-order valence-electron chi connectivity index (χ0n) is 20.9. The van der Waals surface area contributed by atoms with Crippen LogP contribution in [-0.2, 0) is 28.7 Å². The number of azide groups is 1. The van der Waals surface area contributed by atoms with Crippen molar-refractivity contribution < 1.29 is 28.7 Å². The number of rotatable bonds is 12. The van der Waals surface area contributed by atoms with Gasteiger partial charge in [-0.1, -0.05) is 19.0 Å². The van der Waals surface area contributed by atoms with E-state index in [0.29, 0.717) is 32.4 Å². The van der Waals surface area contributed by atoms with Gasteiger partial charge in [0.2, 0.25) is 23.6 Å². The molecule has 0 bridgehead atoms. The molecule has 35 heavy (non-hydrogen) atoms. The molecule has 0 aromatic carbocycles. The number of hydrogen-bond donors (Lipinski definition) is 3. The van der Waals surface area contributed by atoms with Gasteiger partial charge in [0.05, 0.1) is 12.6 Å². The molecule has 3 N–H and O–H groups in total. The van der Waals surface area contributed by atoms with Crippen LogP contribution in [0.25, 0.3) is 10.4 Å². The molecule has 0 radical (unpaired) electrons. The molecule has 2 aliphatic heterocycles. The standard InChI is InChI=1S/C22H35N7O6/c1-12(2)9-15(18(31)22(5)11-35-22)27-19(32)13(3)26-20(33)16-7-6-8-29(16)21(34)14(4)25-17(30)10-24-28-23/h12-16H,6-11H2,1-5H3,(H,25,30)(H,26,33)(H,27,32)/t13-,14-,15-,16-,22?/m0/s1. The van der Waals surface area contributed by atoms with Gasteiger partial charge in [0.1, 0.15) is 30.3 Å². The first-order valence-electron chi connectivity index (χ1n) is 11.8. The molecule has 0 aliphatic carbocycles. The molecule has 2 heterocycles. The van der Waals surface area contributed by atoms with Crippen molar-refractivity contribution in [3.8, 4) is 0 Å². The van der Waals surface area contributed by atoms with E-state index >= 15 is 0 Å². The van der Waals surface area contributed by atoms with Gasteiger partial charge in [-0.3, -0.25) is 24.0 Å². The number of nitrogens with zero attached hydrogens (tertiary/aromatic N) is 4. The van der Waals surface area contributed by atoms with Crippen LogP contribution in [-0.4, -0.2) is 83.8 Å². The van der Waals surface area contributed by atoms with Crippen LogP contribution in [0.15, 0.2) is 5.11 Å². The molecule has 0 aromatic heterocycles. The van der Waals surface area contributed by atoms with Gasteiger partial charge in [0.25, 0.3) is 0 Å². The number of nitrogens with one attached hydrogen (secondary N) is 3. The van der Waals surface area contributed by atoms with Gasteiger partial charge in [0, 0.05) is 11.5 Å². The number of Topliss-reactive ketones (excluding diaryl/α,β-unsaturated/α-hetero) is 1. The Morgan fingerprint density at radius 2 is 1.77 bits per heavy atom. The molecule has 4 amide bonds. The van der Waals surface area contributed by atoms with Gasteiger partial charge in [-0.05, 0) is 51.5 Å². The third kappa shape index (κ3) is 7.66. The molecule has 2 saturated heterocycles. The lowest BCUT2D eigenvalue weighted by molar-refractivity contribution is -0.141. The van der Waals surface area contributed by atoms with Crippen LogP contribution in [0, 0.1) is 5.92 Å². The van der Waals surface area contributed by atoms with E-state index in [9.17, 15) is 24.0 Å². The Morgan fingerprint density at radius 3 is 2.34 bits per heavy atom. The number of ether oxygens (including phenoxy) is 1. The van der Waals surface area contributed by atoms with Crippen molar-refractivity contribution in [3.63, 3.8) is 0 Å². The van der Waals surface area contributed by atoms with Crippen molar-refractivity contribution >= 4 is 29.4 Å². The van der Waals surface area contributed by atoms with Crippen molar-refractivity contribution in [2.45, 2.75) is 83.6 Å². The largest absolute Gasteiger partial charge is 0.361 e. The van der Waals surface area contributed by atoms with Crippen LogP contribution in [0.3, 0.4) is 0 Å². The van der Waals surface area contributed by atoms with E-state index in [1.54, 1.807) is 6.92 Å². The Hall–Kier alpha value is -3.18. The molecule has 1 unspecified atom stereocenters. The molecule has 13 heteroatoms. The van der Waals surface area contributed by atoms with Crippen molar-refractivity contribution in [1.29, 1.82) is 0 Å². The number of carbonyl (C=O) groups excluding carboxylic acids is 5. The second-order valence-corrected chi connectivity index (χ2v) is 9.67. The van der Waals surface area contributed by atoms with Gasteiger partial charge >= 0.3 is 0 Å². The fourth-order valence-electron chi connectivity index (χ4n) is 3.99. The maximum Gasteiger partial charge on any atom is 0.245 e. The number of ketones is 1. The van der Waals surface area contributed by atoms with Gasteiger partial charge in [-0.25, -0.2) is 0 Å². The number of hydrogen-bond acceptors (Lipinski definition) is 7. The molecule has 5 atom stereocenters. The van der Waals surface area contributed by atoms with Crippen LogP contribution < -0.4 is 16.0 Å². The highest BCUT2D eigenvalue weighted by atomic mass is 16.6. The first kappa shape index (κ1) is 28.1. The molecule has 194 valence electrons. The summed E-state index contributed by atoms with van der Waals surface area (Å²) >= 11 is 0. The normalized spacial score (nSPS) is 23.5. The lowest BCUT2D eigenvalue weighted by Gasteiger charge is -2.28. The van der Waals surface area contributed by atoms with Crippen LogP contribution in [0.4, 0.5) is 0 Å². The quantitative estimate of drug-likeness (QED) is 0.151. The van der Waals surface area contributed by atoms with E-state index in [-0.39, 0.29) is 11.7 Å². The van der Waals surface area contributed by atoms with Gasteiger partial charge in [-0.2, -0.15) is 0 Å². The second kappa shape index (κ2) is 12.0. The minimum atomic E-state index is -0.934. The molecule has 0 aromatic rings. The molecule has 0 spiro atoms. The summed E-state index contributed by atoms with van der Waals surface area (Å²) in [5, 5.41) is 11.0. The molecule has 0 saturated carbocycles. The molecule has 2 aliphatic rings. The maximum atomic E-state index is 12.9. The Labute approximate surface area is 204 Å².